The van der Waals surface area contributed by atoms with Gasteiger partial charge in [-0.05, 0) is 42.6 Å². The van der Waals surface area contributed by atoms with Gasteiger partial charge in [-0.1, -0.05) is 80.0 Å². The Morgan fingerprint density at radius 3 is 1.88 bits per heavy atom. The van der Waals surface area contributed by atoms with E-state index in [1.54, 1.807) is 0 Å². The van der Waals surface area contributed by atoms with Crippen LogP contribution in [0.4, 0.5) is 0 Å². The summed E-state index contributed by atoms with van der Waals surface area (Å²) in [5.41, 5.74) is 3.70. The van der Waals surface area contributed by atoms with Gasteiger partial charge in [0.2, 0.25) is 0 Å². The van der Waals surface area contributed by atoms with Crippen LogP contribution in [0.1, 0.15) is 107 Å². The van der Waals surface area contributed by atoms with Crippen molar-refractivity contribution in [3.8, 4) is 0 Å². The molecule has 3 saturated heterocycles. The van der Waals surface area contributed by atoms with E-state index in [0.717, 1.165) is 48.3 Å². The number of aliphatic hydroxyl groups excluding tert-OH is 1. The highest BCUT2D eigenvalue weighted by Crippen LogP contribution is 2.38. The van der Waals surface area contributed by atoms with Crippen molar-refractivity contribution in [3.63, 3.8) is 0 Å². The molecule has 2 aromatic rings. The lowest BCUT2D eigenvalue weighted by Crippen LogP contribution is -2.62. The molecule has 0 spiro atoms. The van der Waals surface area contributed by atoms with Crippen LogP contribution in [0.2, 0.25) is 0 Å². The number of nitrogens with one attached hydrogen (secondary N) is 1. The number of rotatable bonds is 14. The second kappa shape index (κ2) is 21.7. The maximum Gasteiger partial charge on any atom is 0.303 e. The standard InChI is InChI=1S/C42H56N2O12S/c1-26(46)50-25-37-40(52-28(3)48)41(53-29(4)49)39(51-27(2)47)36(55-37)21-38(57)43-22-30-10-16-33(17-11-30)42-54-34(23-44-18-8-6-5-7-9-19-44)20-35(56-42)32-14-12-31(24-45)13-15-32/h10-17,34-37,39-42,45H,5-9,18-25H2,1-4H3,(H,43,57). The maximum absolute atomic E-state index is 12.2. The number of likely N-dealkylation sites (tertiary alicyclic amines) is 1. The number of nitrogens with zero attached hydrogens (tertiary/aromatic N) is 1. The number of aliphatic hydroxyl groups is 1. The summed E-state index contributed by atoms with van der Waals surface area (Å²) in [7, 11) is 0. The molecule has 0 saturated carbocycles. The Labute approximate surface area is 339 Å². The molecule has 0 radical (unpaired) electrons. The zero-order valence-corrected chi connectivity index (χ0v) is 34.0. The second-order valence-electron chi connectivity index (χ2n) is 14.9. The predicted octanol–water partition coefficient (Wildman–Crippen LogP) is 4.92. The van der Waals surface area contributed by atoms with E-state index in [9.17, 15) is 24.3 Å². The average molecular weight is 813 g/mol. The Hall–Kier alpha value is -3.99. The first-order valence-corrected chi connectivity index (χ1v) is 20.2. The van der Waals surface area contributed by atoms with Crippen molar-refractivity contribution in [1.82, 2.24) is 10.2 Å². The first kappa shape index (κ1) is 44.1. The van der Waals surface area contributed by atoms with Gasteiger partial charge in [-0.15, -0.1) is 0 Å². The van der Waals surface area contributed by atoms with Gasteiger partial charge in [0.15, 0.2) is 24.6 Å². The highest BCUT2D eigenvalue weighted by molar-refractivity contribution is 7.80. The number of thiocarbonyl (C=S) groups is 1. The molecule has 0 aromatic heterocycles. The Morgan fingerprint density at radius 1 is 0.719 bits per heavy atom. The van der Waals surface area contributed by atoms with Crippen LogP contribution in [0, 0.1) is 0 Å². The third-order valence-electron chi connectivity index (χ3n) is 10.2. The fourth-order valence-corrected chi connectivity index (χ4v) is 7.78. The number of carbonyl (C=O) groups excluding carboxylic acids is 4. The van der Waals surface area contributed by atoms with Gasteiger partial charge in [0.05, 0.1) is 23.8 Å². The van der Waals surface area contributed by atoms with Crippen molar-refractivity contribution in [2.45, 2.75) is 135 Å². The SMILES string of the molecule is CC(=O)OCC1OC(CC(=S)NCc2ccc(C3OC(CN4CCCCCCC4)CC(c4ccc(CO)cc4)O3)cc2)C(OC(C)=O)C(OC(C)=O)C1OC(C)=O. The van der Waals surface area contributed by atoms with Gasteiger partial charge < -0.3 is 48.5 Å². The molecule has 312 valence electrons. The summed E-state index contributed by atoms with van der Waals surface area (Å²) in [4.78, 5) is 51.0. The summed E-state index contributed by atoms with van der Waals surface area (Å²) in [6, 6.07) is 15.8. The molecule has 3 heterocycles. The molecule has 8 atom stereocenters. The smallest absolute Gasteiger partial charge is 0.303 e. The molecule has 57 heavy (non-hydrogen) atoms. The first-order valence-electron chi connectivity index (χ1n) is 19.8. The van der Waals surface area contributed by atoms with Crippen LogP contribution in [-0.4, -0.2) is 102 Å². The van der Waals surface area contributed by atoms with Crippen LogP contribution in [0.5, 0.6) is 0 Å². The minimum absolute atomic E-state index is 0.0169. The molecule has 3 aliphatic rings. The van der Waals surface area contributed by atoms with Gasteiger partial charge in [0.25, 0.3) is 0 Å². The zero-order chi connectivity index (χ0) is 40.9. The van der Waals surface area contributed by atoms with Gasteiger partial charge in [-0.3, -0.25) is 19.2 Å². The summed E-state index contributed by atoms with van der Waals surface area (Å²) in [6.45, 7) is 7.77. The molecule has 0 amide bonds. The van der Waals surface area contributed by atoms with E-state index < -0.39 is 60.7 Å². The molecular formula is C42H56N2O12S. The fourth-order valence-electron chi connectivity index (χ4n) is 7.55. The highest BCUT2D eigenvalue weighted by atomic mass is 32.1. The molecular weight excluding hydrogens is 757 g/mol. The molecule has 14 nitrogen and oxygen atoms in total. The second-order valence-corrected chi connectivity index (χ2v) is 15.4. The Kier molecular flexibility index (Phi) is 16.8. The molecule has 0 bridgehead atoms. The number of hydrogen-bond donors (Lipinski definition) is 2. The molecule has 5 rings (SSSR count). The minimum atomic E-state index is -1.26. The van der Waals surface area contributed by atoms with Crippen LogP contribution in [-0.2, 0) is 65.5 Å². The summed E-state index contributed by atoms with van der Waals surface area (Å²) < 4.78 is 41.2. The van der Waals surface area contributed by atoms with Crippen LogP contribution in [0.25, 0.3) is 0 Å². The number of carbonyl (C=O) groups is 4. The van der Waals surface area contributed by atoms with Gasteiger partial charge in [0.1, 0.15) is 18.8 Å². The van der Waals surface area contributed by atoms with E-state index in [2.05, 4.69) is 10.2 Å². The van der Waals surface area contributed by atoms with E-state index in [4.69, 9.17) is 45.4 Å². The summed E-state index contributed by atoms with van der Waals surface area (Å²) in [6.07, 6.45) is 0.503. The van der Waals surface area contributed by atoms with Crippen molar-refractivity contribution in [2.24, 2.45) is 0 Å². The average Bonchev–Trinajstić information content (AvgIpc) is 3.16. The van der Waals surface area contributed by atoms with E-state index in [-0.39, 0.29) is 31.8 Å². The third-order valence-corrected chi connectivity index (χ3v) is 10.6. The maximum atomic E-state index is 12.2. The quantitative estimate of drug-likeness (QED) is 0.150. The number of hydrogen-bond acceptors (Lipinski definition) is 14. The molecule has 2 N–H and O–H groups in total. The lowest BCUT2D eigenvalue weighted by Gasteiger charge is -2.44. The van der Waals surface area contributed by atoms with Crippen LogP contribution in [0.15, 0.2) is 48.5 Å². The lowest BCUT2D eigenvalue weighted by molar-refractivity contribution is -0.253. The number of benzene rings is 2. The molecule has 8 unspecified atom stereocenters. The zero-order valence-electron chi connectivity index (χ0n) is 33.2. The van der Waals surface area contributed by atoms with Crippen molar-refractivity contribution in [3.05, 3.63) is 70.8 Å². The van der Waals surface area contributed by atoms with E-state index in [1.807, 2.05) is 48.5 Å². The van der Waals surface area contributed by atoms with Gasteiger partial charge >= 0.3 is 23.9 Å². The van der Waals surface area contributed by atoms with Crippen molar-refractivity contribution in [1.29, 1.82) is 0 Å². The fraction of sp³-hybridized carbons (Fsp3) is 0.595. The molecule has 15 heteroatoms. The Balaban J connectivity index is 1.26. The van der Waals surface area contributed by atoms with Gasteiger partial charge in [-0.25, -0.2) is 0 Å². The monoisotopic (exact) mass is 812 g/mol. The lowest BCUT2D eigenvalue weighted by atomic mass is 9.92. The van der Waals surface area contributed by atoms with Crippen LogP contribution < -0.4 is 5.32 Å². The van der Waals surface area contributed by atoms with Crippen molar-refractivity contribution in [2.75, 3.05) is 26.2 Å². The summed E-state index contributed by atoms with van der Waals surface area (Å²) >= 11 is 5.70. The third kappa shape index (κ3) is 13.5. The van der Waals surface area contributed by atoms with Crippen LogP contribution >= 0.6 is 12.2 Å². The predicted molar refractivity (Wildman–Crippen MR) is 210 cm³/mol. The van der Waals surface area contributed by atoms with Crippen LogP contribution in [0.3, 0.4) is 0 Å². The van der Waals surface area contributed by atoms with Crippen molar-refractivity contribution < 1.29 is 57.4 Å². The van der Waals surface area contributed by atoms with Gasteiger partial charge in [0, 0.05) is 59.2 Å². The van der Waals surface area contributed by atoms with E-state index in [1.165, 1.54) is 59.8 Å². The number of ether oxygens (including phenoxy) is 7. The molecule has 2 aromatic carbocycles. The highest BCUT2D eigenvalue weighted by Gasteiger charge is 2.52. The Bertz CT molecular complexity index is 1650. The normalized spacial score (nSPS) is 26.9. The Morgan fingerprint density at radius 2 is 1.28 bits per heavy atom. The van der Waals surface area contributed by atoms with Crippen molar-refractivity contribution >= 4 is 41.1 Å². The molecule has 3 aliphatic heterocycles. The first-order chi connectivity index (χ1) is 27.4. The number of esters is 4. The van der Waals surface area contributed by atoms with E-state index in [0.29, 0.717) is 11.5 Å². The summed E-state index contributed by atoms with van der Waals surface area (Å²) in [5, 5.41) is 12.8. The molecule has 3 fully saturated rings. The van der Waals surface area contributed by atoms with Gasteiger partial charge in [-0.2, -0.15) is 0 Å². The topological polar surface area (TPSA) is 168 Å². The van der Waals surface area contributed by atoms with E-state index >= 15 is 0 Å². The molecule has 0 aliphatic carbocycles. The summed E-state index contributed by atoms with van der Waals surface area (Å²) in [5.74, 6) is -2.67. The minimum Gasteiger partial charge on any atom is -0.463 e. The largest absolute Gasteiger partial charge is 0.463 e.